The molecule has 0 aliphatic heterocycles. The molecule has 154 valence electrons. The summed E-state index contributed by atoms with van der Waals surface area (Å²) < 4.78 is 16.2. The highest BCUT2D eigenvalue weighted by Crippen LogP contribution is 2.38. The normalized spacial score (nSPS) is 10.6. The number of nitrogens with zero attached hydrogens (tertiary/aromatic N) is 2. The van der Waals surface area contributed by atoms with Gasteiger partial charge in [-0.1, -0.05) is 12.5 Å². The molecule has 1 rings (SSSR count). The van der Waals surface area contributed by atoms with Crippen LogP contribution in [0.5, 0.6) is 17.2 Å². The minimum absolute atomic E-state index is 0. The van der Waals surface area contributed by atoms with Gasteiger partial charge in [-0.15, -0.1) is 30.6 Å². The van der Waals surface area contributed by atoms with Gasteiger partial charge in [0.05, 0.1) is 21.3 Å². The van der Waals surface area contributed by atoms with Crippen LogP contribution in [-0.2, 0) is 6.54 Å². The molecule has 0 aliphatic rings. The summed E-state index contributed by atoms with van der Waals surface area (Å²) in [6.07, 6.45) is 6.57. The first-order valence-electron chi connectivity index (χ1n) is 8.92. The van der Waals surface area contributed by atoms with E-state index < -0.39 is 0 Å². The van der Waals surface area contributed by atoms with Crippen molar-refractivity contribution in [3.8, 4) is 17.2 Å². The molecule has 0 amide bonds. The van der Waals surface area contributed by atoms with E-state index in [1.54, 1.807) is 28.4 Å². The lowest BCUT2D eigenvalue weighted by atomic mass is 10.1. The number of hydrogen-bond donors (Lipinski definition) is 1. The summed E-state index contributed by atoms with van der Waals surface area (Å²) in [5.74, 6) is 2.76. The number of aliphatic imine (C=N–C) groups is 1. The fraction of sp³-hybridized carbons (Fsp3) is 0.550. The van der Waals surface area contributed by atoms with Crippen molar-refractivity contribution < 1.29 is 14.2 Å². The van der Waals surface area contributed by atoms with Crippen molar-refractivity contribution in [1.82, 2.24) is 10.2 Å². The molecule has 1 N–H and O–H groups in total. The Hall–Kier alpha value is -1.64. The molecule has 1 aromatic rings. The van der Waals surface area contributed by atoms with Crippen LogP contribution in [-0.4, -0.2) is 52.8 Å². The molecular formula is C20H34IN3O3. The Morgan fingerprint density at radius 3 is 2.22 bits per heavy atom. The molecule has 7 heteroatoms. The number of halogens is 1. The topological polar surface area (TPSA) is 55.3 Å². The monoisotopic (exact) mass is 491 g/mol. The maximum Gasteiger partial charge on any atom is 0.203 e. The van der Waals surface area contributed by atoms with Crippen LogP contribution in [0.15, 0.2) is 29.8 Å². The molecule has 0 radical (unpaired) electrons. The second-order valence-electron chi connectivity index (χ2n) is 5.99. The van der Waals surface area contributed by atoms with E-state index in [0.29, 0.717) is 23.8 Å². The molecule has 6 nitrogen and oxygen atoms in total. The van der Waals surface area contributed by atoms with E-state index in [-0.39, 0.29) is 24.0 Å². The van der Waals surface area contributed by atoms with Crippen molar-refractivity contribution in [2.45, 2.75) is 32.2 Å². The van der Waals surface area contributed by atoms with Crippen LogP contribution in [0.25, 0.3) is 0 Å². The van der Waals surface area contributed by atoms with Crippen LogP contribution < -0.4 is 19.5 Å². The van der Waals surface area contributed by atoms with Gasteiger partial charge in [-0.2, -0.15) is 0 Å². The van der Waals surface area contributed by atoms with E-state index in [2.05, 4.69) is 28.8 Å². The van der Waals surface area contributed by atoms with Crippen molar-refractivity contribution in [2.75, 3.05) is 42.0 Å². The molecule has 0 saturated heterocycles. The number of allylic oxidation sites excluding steroid dienone is 1. The van der Waals surface area contributed by atoms with E-state index in [1.165, 1.54) is 12.8 Å². The van der Waals surface area contributed by atoms with Crippen LogP contribution in [0.1, 0.15) is 31.2 Å². The standard InChI is InChI=1S/C20H33N3O3.HI/c1-7-8-9-10-11-12-23(3)20(21-2)22-15-16-13-17(24-4)19(26-6)18(14-16)25-5;/h7,13-14H,1,8-12,15H2,2-6H3,(H,21,22);1H. The fourth-order valence-corrected chi connectivity index (χ4v) is 2.72. The van der Waals surface area contributed by atoms with Gasteiger partial charge in [0, 0.05) is 27.2 Å². The first-order chi connectivity index (χ1) is 12.6. The van der Waals surface area contributed by atoms with Crippen molar-refractivity contribution in [3.63, 3.8) is 0 Å². The molecule has 0 spiro atoms. The average molecular weight is 491 g/mol. The molecule has 1 aromatic carbocycles. The quantitative estimate of drug-likeness (QED) is 0.166. The number of ether oxygens (including phenoxy) is 3. The lowest BCUT2D eigenvalue weighted by molar-refractivity contribution is 0.323. The van der Waals surface area contributed by atoms with Crippen molar-refractivity contribution in [1.29, 1.82) is 0 Å². The number of rotatable bonds is 11. The summed E-state index contributed by atoms with van der Waals surface area (Å²) in [6, 6.07) is 3.88. The molecule has 0 bridgehead atoms. The minimum Gasteiger partial charge on any atom is -0.493 e. The zero-order valence-electron chi connectivity index (χ0n) is 17.2. The van der Waals surface area contributed by atoms with Gasteiger partial charge in [0.2, 0.25) is 5.75 Å². The zero-order valence-corrected chi connectivity index (χ0v) is 19.5. The van der Waals surface area contributed by atoms with Gasteiger partial charge in [-0.25, -0.2) is 0 Å². The number of nitrogens with one attached hydrogen (secondary N) is 1. The maximum atomic E-state index is 5.40. The maximum absolute atomic E-state index is 5.40. The van der Waals surface area contributed by atoms with Gasteiger partial charge in [-0.05, 0) is 37.0 Å². The summed E-state index contributed by atoms with van der Waals surface area (Å²) in [4.78, 5) is 6.51. The molecular weight excluding hydrogens is 457 g/mol. The van der Waals surface area contributed by atoms with Gasteiger partial charge in [0.25, 0.3) is 0 Å². The smallest absolute Gasteiger partial charge is 0.203 e. The van der Waals surface area contributed by atoms with Crippen LogP contribution in [0, 0.1) is 0 Å². The molecule has 0 unspecified atom stereocenters. The second kappa shape index (κ2) is 14.4. The average Bonchev–Trinajstić information content (AvgIpc) is 2.67. The van der Waals surface area contributed by atoms with Crippen molar-refractivity contribution >= 4 is 29.9 Å². The Morgan fingerprint density at radius 2 is 1.74 bits per heavy atom. The highest BCUT2D eigenvalue weighted by Gasteiger charge is 2.14. The lowest BCUT2D eigenvalue weighted by Crippen LogP contribution is -2.39. The number of methoxy groups -OCH3 is 3. The third kappa shape index (κ3) is 8.28. The van der Waals surface area contributed by atoms with Crippen LogP contribution in [0.2, 0.25) is 0 Å². The van der Waals surface area contributed by atoms with Crippen LogP contribution in [0.4, 0.5) is 0 Å². The Bertz CT molecular complexity index is 569. The third-order valence-corrected chi connectivity index (χ3v) is 4.15. The second-order valence-corrected chi connectivity index (χ2v) is 5.99. The van der Waals surface area contributed by atoms with Crippen molar-refractivity contribution in [3.05, 3.63) is 30.4 Å². The highest BCUT2D eigenvalue weighted by molar-refractivity contribution is 14.0. The van der Waals surface area contributed by atoms with E-state index in [1.807, 2.05) is 18.2 Å². The largest absolute Gasteiger partial charge is 0.493 e. The first kappa shape index (κ1) is 25.4. The highest BCUT2D eigenvalue weighted by atomic mass is 127. The number of hydrogen-bond acceptors (Lipinski definition) is 4. The van der Waals surface area contributed by atoms with E-state index in [9.17, 15) is 0 Å². The predicted molar refractivity (Wildman–Crippen MR) is 123 cm³/mol. The molecule has 0 aromatic heterocycles. The minimum atomic E-state index is 0. The van der Waals surface area contributed by atoms with Crippen LogP contribution in [0.3, 0.4) is 0 Å². The Balaban J connectivity index is 0.00000676. The molecule has 0 atom stereocenters. The summed E-state index contributed by atoms with van der Waals surface area (Å²) in [5.41, 5.74) is 1.03. The van der Waals surface area contributed by atoms with Crippen LogP contribution >= 0.6 is 24.0 Å². The van der Waals surface area contributed by atoms with E-state index in [4.69, 9.17) is 14.2 Å². The molecule has 0 heterocycles. The zero-order chi connectivity index (χ0) is 19.4. The van der Waals surface area contributed by atoms with E-state index in [0.717, 1.165) is 30.9 Å². The number of guanidine groups is 1. The van der Waals surface area contributed by atoms with Gasteiger partial charge in [0.15, 0.2) is 17.5 Å². The third-order valence-electron chi connectivity index (χ3n) is 4.15. The molecule has 0 saturated carbocycles. The SMILES string of the molecule is C=CCCCCCN(C)C(=NC)NCc1cc(OC)c(OC)c(OC)c1.I. The van der Waals surface area contributed by atoms with Gasteiger partial charge < -0.3 is 24.4 Å². The fourth-order valence-electron chi connectivity index (χ4n) is 2.72. The predicted octanol–water partition coefficient (Wildman–Crippen LogP) is 4.08. The summed E-state index contributed by atoms with van der Waals surface area (Å²) >= 11 is 0. The Labute approximate surface area is 181 Å². The Morgan fingerprint density at radius 1 is 1.11 bits per heavy atom. The summed E-state index contributed by atoms with van der Waals surface area (Å²) in [7, 11) is 8.69. The van der Waals surface area contributed by atoms with Crippen molar-refractivity contribution in [2.24, 2.45) is 4.99 Å². The first-order valence-corrected chi connectivity index (χ1v) is 8.92. The van der Waals surface area contributed by atoms with Gasteiger partial charge in [-0.3, -0.25) is 4.99 Å². The number of benzene rings is 1. The van der Waals surface area contributed by atoms with E-state index >= 15 is 0 Å². The van der Waals surface area contributed by atoms with Gasteiger partial charge >= 0.3 is 0 Å². The summed E-state index contributed by atoms with van der Waals surface area (Å²) in [5, 5.41) is 3.39. The Kier molecular flexibility index (Phi) is 13.5. The lowest BCUT2D eigenvalue weighted by Gasteiger charge is -2.22. The summed E-state index contributed by atoms with van der Waals surface area (Å²) in [6.45, 7) is 5.34. The molecule has 0 fully saturated rings. The molecule has 27 heavy (non-hydrogen) atoms. The van der Waals surface area contributed by atoms with Gasteiger partial charge in [0.1, 0.15) is 0 Å². The molecule has 0 aliphatic carbocycles. The number of unbranched alkanes of at least 4 members (excludes halogenated alkanes) is 3.